The molecule has 0 bridgehead atoms. The molecule has 3 aliphatic rings. The number of nitrogens with zero attached hydrogens (tertiary/aromatic N) is 1. The van der Waals surface area contributed by atoms with Gasteiger partial charge >= 0.3 is 0 Å². The third-order valence-corrected chi connectivity index (χ3v) is 9.93. The van der Waals surface area contributed by atoms with E-state index in [1.54, 1.807) is 24.2 Å². The van der Waals surface area contributed by atoms with Crippen LogP contribution in [0.5, 0.6) is 0 Å². The van der Waals surface area contributed by atoms with E-state index in [0.29, 0.717) is 18.2 Å². The van der Waals surface area contributed by atoms with Gasteiger partial charge in [-0.15, -0.1) is 11.8 Å². The molecule has 0 heterocycles. The number of nitrogens with two attached hydrogens (primary N) is 1. The van der Waals surface area contributed by atoms with Crippen LogP contribution in [0.15, 0.2) is 16.1 Å². The summed E-state index contributed by atoms with van der Waals surface area (Å²) in [5.41, 5.74) is 5.78. The first-order valence-electron chi connectivity index (χ1n) is 12.4. The van der Waals surface area contributed by atoms with Crippen molar-refractivity contribution in [2.45, 2.75) is 79.1 Å². The van der Waals surface area contributed by atoms with E-state index in [4.69, 9.17) is 5.73 Å². The molecule has 0 spiro atoms. The van der Waals surface area contributed by atoms with Gasteiger partial charge in [0.15, 0.2) is 5.78 Å². The number of Topliss-reactive ketones (excluding diaryl/α,β-unsaturated/α-hetero) is 1. The highest BCUT2D eigenvalue weighted by molar-refractivity contribution is 8.03. The minimum atomic E-state index is 0.175. The fraction of sp³-hybridized carbons (Fsp3) is 0.846. The van der Waals surface area contributed by atoms with Gasteiger partial charge in [0.25, 0.3) is 0 Å². The first-order chi connectivity index (χ1) is 14.4. The highest BCUT2D eigenvalue weighted by atomic mass is 32.2. The van der Waals surface area contributed by atoms with Crippen molar-refractivity contribution >= 4 is 23.8 Å². The van der Waals surface area contributed by atoms with Crippen LogP contribution in [-0.2, 0) is 4.79 Å². The van der Waals surface area contributed by atoms with Gasteiger partial charge in [0, 0.05) is 23.2 Å². The molecule has 3 nitrogen and oxygen atoms in total. The molecule has 3 aliphatic carbocycles. The van der Waals surface area contributed by atoms with Crippen LogP contribution in [0.25, 0.3) is 0 Å². The zero-order valence-electron chi connectivity index (χ0n) is 19.9. The van der Waals surface area contributed by atoms with Gasteiger partial charge in [-0.1, -0.05) is 47.0 Å². The van der Waals surface area contributed by atoms with E-state index in [9.17, 15) is 4.79 Å². The van der Waals surface area contributed by atoms with Gasteiger partial charge < -0.3 is 5.73 Å². The predicted octanol–water partition coefficient (Wildman–Crippen LogP) is 6.33. The lowest BCUT2D eigenvalue weighted by atomic mass is 9.50. The maximum Gasteiger partial charge on any atom is 0.158 e. The average molecular weight is 433 g/mol. The molecule has 3 fully saturated rings. The van der Waals surface area contributed by atoms with E-state index in [2.05, 4.69) is 32.7 Å². The molecule has 0 saturated heterocycles. The molecule has 0 aromatic rings. The first kappa shape index (κ1) is 23.9. The van der Waals surface area contributed by atoms with Crippen molar-refractivity contribution in [3.63, 3.8) is 0 Å². The van der Waals surface area contributed by atoms with Crippen LogP contribution in [0.3, 0.4) is 0 Å². The van der Waals surface area contributed by atoms with Crippen molar-refractivity contribution in [1.82, 2.24) is 0 Å². The van der Waals surface area contributed by atoms with Crippen molar-refractivity contribution in [2.75, 3.05) is 12.8 Å². The number of carbonyl (C=O) groups excluding carboxylic acids is 1. The lowest BCUT2D eigenvalue weighted by Crippen LogP contribution is -2.48. The predicted molar refractivity (Wildman–Crippen MR) is 131 cm³/mol. The van der Waals surface area contributed by atoms with Gasteiger partial charge in [-0.25, -0.2) is 0 Å². The molecule has 8 unspecified atom stereocenters. The largest absolute Gasteiger partial charge is 0.404 e. The molecule has 30 heavy (non-hydrogen) atoms. The molecule has 0 aromatic carbocycles. The highest BCUT2D eigenvalue weighted by Crippen LogP contribution is 2.65. The van der Waals surface area contributed by atoms with E-state index in [1.165, 1.54) is 51.4 Å². The molecule has 2 N–H and O–H groups in total. The fourth-order valence-corrected chi connectivity index (χ4v) is 8.38. The SMILES string of the molecule is CCCC1C(CC)CCC2C1CCC1(C)C2CC(C)C1C(=O)CN=CC(=CN)SC. The molecule has 0 radical (unpaired) electrons. The standard InChI is InChI=1S/C26H44N2OS/c1-6-8-20-18(7-2)9-10-22-21(20)11-12-26(4)23(22)13-17(3)25(26)24(29)16-28-15-19(14-27)30-5/h14-15,17-18,20-23,25H,6-13,16,27H2,1-5H3. The molecule has 3 saturated carbocycles. The fourth-order valence-electron chi connectivity index (χ4n) is 8.06. The Kier molecular flexibility index (Phi) is 8.15. The number of ketones is 1. The number of hydrogen-bond donors (Lipinski definition) is 1. The van der Waals surface area contributed by atoms with E-state index < -0.39 is 0 Å². The minimum absolute atomic E-state index is 0.175. The van der Waals surface area contributed by atoms with Crippen molar-refractivity contribution in [2.24, 2.45) is 57.6 Å². The van der Waals surface area contributed by atoms with Crippen LogP contribution in [0.2, 0.25) is 0 Å². The summed E-state index contributed by atoms with van der Waals surface area (Å²) in [4.78, 5) is 18.7. The Morgan fingerprint density at radius 3 is 2.63 bits per heavy atom. The third kappa shape index (κ3) is 4.40. The van der Waals surface area contributed by atoms with Gasteiger partial charge in [0.1, 0.15) is 0 Å². The van der Waals surface area contributed by atoms with Crippen LogP contribution in [-0.4, -0.2) is 24.8 Å². The Morgan fingerprint density at radius 1 is 1.23 bits per heavy atom. The monoisotopic (exact) mass is 432 g/mol. The van der Waals surface area contributed by atoms with Gasteiger partial charge in [0.2, 0.25) is 0 Å². The Hall–Kier alpha value is -0.770. The van der Waals surface area contributed by atoms with Gasteiger partial charge in [0.05, 0.1) is 6.54 Å². The number of thioether (sulfide) groups is 1. The number of allylic oxidation sites excluding steroid dienone is 1. The van der Waals surface area contributed by atoms with Gasteiger partial charge in [-0.05, 0) is 79.3 Å². The van der Waals surface area contributed by atoms with Crippen LogP contribution < -0.4 is 5.73 Å². The summed E-state index contributed by atoms with van der Waals surface area (Å²) in [5, 5.41) is 0. The summed E-state index contributed by atoms with van der Waals surface area (Å²) in [6.07, 6.45) is 16.0. The van der Waals surface area contributed by atoms with Gasteiger partial charge in [-0.2, -0.15) is 0 Å². The second-order valence-corrected chi connectivity index (χ2v) is 11.5. The molecule has 8 atom stereocenters. The summed E-state index contributed by atoms with van der Waals surface area (Å²) in [6, 6.07) is 0. The van der Waals surface area contributed by atoms with E-state index >= 15 is 0 Å². The van der Waals surface area contributed by atoms with Crippen LogP contribution in [0, 0.1) is 46.8 Å². The second-order valence-electron chi connectivity index (χ2n) is 10.6. The van der Waals surface area contributed by atoms with E-state index in [0.717, 1.165) is 34.5 Å². The smallest absolute Gasteiger partial charge is 0.158 e. The molecular weight excluding hydrogens is 388 g/mol. The van der Waals surface area contributed by atoms with Crippen LogP contribution in [0.4, 0.5) is 0 Å². The van der Waals surface area contributed by atoms with Crippen molar-refractivity contribution in [3.05, 3.63) is 11.1 Å². The maximum absolute atomic E-state index is 13.3. The highest BCUT2D eigenvalue weighted by Gasteiger charge is 2.59. The number of hydrogen-bond acceptors (Lipinski definition) is 4. The normalized spacial score (nSPS) is 41.6. The van der Waals surface area contributed by atoms with E-state index in [1.807, 2.05) is 6.26 Å². The maximum atomic E-state index is 13.3. The summed E-state index contributed by atoms with van der Waals surface area (Å²) < 4.78 is 0. The molecule has 0 amide bonds. The average Bonchev–Trinajstić information content (AvgIpc) is 3.01. The summed E-state index contributed by atoms with van der Waals surface area (Å²) in [5.74, 6) is 5.34. The van der Waals surface area contributed by atoms with Crippen molar-refractivity contribution in [3.8, 4) is 0 Å². The molecule has 0 aromatic heterocycles. The zero-order chi connectivity index (χ0) is 21.9. The zero-order valence-corrected chi connectivity index (χ0v) is 20.7. The summed E-state index contributed by atoms with van der Waals surface area (Å²) >= 11 is 1.57. The van der Waals surface area contributed by atoms with Crippen LogP contribution in [0.1, 0.15) is 79.1 Å². The Bertz CT molecular complexity index is 659. The van der Waals surface area contributed by atoms with E-state index in [-0.39, 0.29) is 11.3 Å². The quantitative estimate of drug-likeness (QED) is 0.456. The molecule has 170 valence electrons. The lowest BCUT2D eigenvalue weighted by molar-refractivity contribution is -0.129. The summed E-state index contributed by atoms with van der Waals surface area (Å²) in [7, 11) is 0. The number of aliphatic imine (C=N–C) groups is 1. The third-order valence-electron chi connectivity index (χ3n) is 9.22. The van der Waals surface area contributed by atoms with Crippen molar-refractivity contribution < 1.29 is 4.79 Å². The van der Waals surface area contributed by atoms with Crippen molar-refractivity contribution in [1.29, 1.82) is 0 Å². The molecule has 4 heteroatoms. The molecule has 0 aliphatic heterocycles. The summed E-state index contributed by atoms with van der Waals surface area (Å²) in [6.45, 7) is 9.85. The topological polar surface area (TPSA) is 55.5 Å². The number of carbonyl (C=O) groups is 1. The number of rotatable bonds is 8. The van der Waals surface area contributed by atoms with Gasteiger partial charge in [-0.3, -0.25) is 9.79 Å². The Balaban J connectivity index is 1.76. The Morgan fingerprint density at radius 2 is 2.00 bits per heavy atom. The second kappa shape index (κ2) is 10.2. The minimum Gasteiger partial charge on any atom is -0.404 e. The van der Waals surface area contributed by atoms with Crippen LogP contribution >= 0.6 is 11.8 Å². The number of fused-ring (bicyclic) bond motifs is 3. The lowest BCUT2D eigenvalue weighted by Gasteiger charge is -2.54. The first-order valence-corrected chi connectivity index (χ1v) is 13.6. The molecular formula is C26H44N2OS. The molecule has 3 rings (SSSR count). The Labute approximate surface area is 189 Å².